The highest BCUT2D eigenvalue weighted by atomic mass is 16.1. The van der Waals surface area contributed by atoms with Gasteiger partial charge in [0.15, 0.2) is 5.43 Å². The normalized spacial score (nSPS) is 14.2. The maximum Gasteiger partial charge on any atom is 0.252 e. The number of fused-ring (bicyclic) bond motifs is 2. The van der Waals surface area contributed by atoms with E-state index in [-0.39, 0.29) is 5.43 Å². The zero-order valence-electron chi connectivity index (χ0n) is 13.6. The molecule has 0 bridgehead atoms. The summed E-state index contributed by atoms with van der Waals surface area (Å²) in [4.78, 5) is 25.2. The van der Waals surface area contributed by atoms with E-state index in [0.29, 0.717) is 17.0 Å². The van der Waals surface area contributed by atoms with Crippen molar-refractivity contribution in [3.8, 4) is 5.95 Å². The third kappa shape index (κ3) is 2.17. The molecule has 1 aliphatic carbocycles. The van der Waals surface area contributed by atoms with E-state index in [1.807, 2.05) is 26.8 Å². The van der Waals surface area contributed by atoms with E-state index in [9.17, 15) is 4.79 Å². The number of nitrogens with one attached hydrogen (secondary N) is 1. The average molecular weight is 309 g/mol. The van der Waals surface area contributed by atoms with Crippen LogP contribution in [0.1, 0.15) is 41.2 Å². The lowest BCUT2D eigenvalue weighted by Crippen LogP contribution is -2.19. The third-order valence-electron chi connectivity index (χ3n) is 4.46. The van der Waals surface area contributed by atoms with Crippen molar-refractivity contribution in [1.29, 1.82) is 0 Å². The Labute approximate surface area is 133 Å². The summed E-state index contributed by atoms with van der Waals surface area (Å²) in [6, 6.07) is 1.92. The highest BCUT2D eigenvalue weighted by Crippen LogP contribution is 2.22. The Morgan fingerprint density at radius 2 is 1.78 bits per heavy atom. The highest BCUT2D eigenvalue weighted by Gasteiger charge is 2.21. The Balaban J connectivity index is 2.05. The van der Waals surface area contributed by atoms with Gasteiger partial charge in [0.05, 0.1) is 11.1 Å². The maximum atomic E-state index is 12.9. The largest absolute Gasteiger partial charge is 0.343 e. The van der Waals surface area contributed by atoms with Gasteiger partial charge in [0, 0.05) is 22.6 Å². The van der Waals surface area contributed by atoms with Crippen LogP contribution in [-0.4, -0.2) is 24.7 Å². The first-order valence-electron chi connectivity index (χ1n) is 8.00. The van der Waals surface area contributed by atoms with Crippen LogP contribution in [0.2, 0.25) is 0 Å². The summed E-state index contributed by atoms with van der Waals surface area (Å²) in [6.45, 7) is 5.73. The standard InChI is InChI=1S/C17H19N5O/c1-9-8-10(2)19-17(18-9)22-16-14(11(3)21-22)15(23)12-6-4-5-7-13(12)20-16/h8H,4-7H2,1-3H3,(H,20,23). The maximum absolute atomic E-state index is 12.9. The molecule has 6 heteroatoms. The quantitative estimate of drug-likeness (QED) is 0.748. The molecule has 4 rings (SSSR count). The topological polar surface area (TPSA) is 76.5 Å². The number of hydrogen-bond donors (Lipinski definition) is 1. The molecule has 0 fully saturated rings. The Bertz CT molecular complexity index is 963. The Morgan fingerprint density at radius 3 is 2.52 bits per heavy atom. The molecule has 0 aromatic carbocycles. The minimum atomic E-state index is 0.113. The summed E-state index contributed by atoms with van der Waals surface area (Å²) in [5.41, 5.74) is 5.27. The zero-order chi connectivity index (χ0) is 16.1. The molecule has 6 nitrogen and oxygen atoms in total. The number of H-pyrrole nitrogens is 1. The van der Waals surface area contributed by atoms with Crippen LogP contribution in [0.5, 0.6) is 0 Å². The van der Waals surface area contributed by atoms with Gasteiger partial charge in [-0.25, -0.2) is 9.97 Å². The van der Waals surface area contributed by atoms with Crippen molar-refractivity contribution in [2.24, 2.45) is 0 Å². The molecule has 0 radical (unpaired) electrons. The van der Waals surface area contributed by atoms with Crippen molar-refractivity contribution in [3.05, 3.63) is 44.6 Å². The van der Waals surface area contributed by atoms with Gasteiger partial charge in [-0.2, -0.15) is 9.78 Å². The highest BCUT2D eigenvalue weighted by molar-refractivity contribution is 5.80. The number of aromatic amines is 1. The molecule has 0 saturated carbocycles. The first-order chi connectivity index (χ1) is 11.0. The van der Waals surface area contributed by atoms with Crippen LogP contribution in [0.3, 0.4) is 0 Å². The van der Waals surface area contributed by atoms with Crippen LogP contribution in [0, 0.1) is 20.8 Å². The molecule has 0 atom stereocenters. The second kappa shape index (κ2) is 5.01. The second-order valence-electron chi connectivity index (χ2n) is 6.29. The molecule has 1 N–H and O–H groups in total. The van der Waals surface area contributed by atoms with Crippen molar-refractivity contribution in [2.75, 3.05) is 0 Å². The fourth-order valence-electron chi connectivity index (χ4n) is 3.45. The van der Waals surface area contributed by atoms with Crippen molar-refractivity contribution in [2.45, 2.75) is 46.5 Å². The van der Waals surface area contributed by atoms with E-state index in [1.54, 1.807) is 4.68 Å². The number of aryl methyl sites for hydroxylation is 4. The summed E-state index contributed by atoms with van der Waals surface area (Å²) in [5, 5.41) is 5.20. The number of hydrogen-bond acceptors (Lipinski definition) is 4. The Hall–Kier alpha value is -2.50. The van der Waals surface area contributed by atoms with Crippen LogP contribution < -0.4 is 5.43 Å². The van der Waals surface area contributed by atoms with Gasteiger partial charge in [-0.15, -0.1) is 0 Å². The number of aromatic nitrogens is 5. The summed E-state index contributed by atoms with van der Waals surface area (Å²) in [5.74, 6) is 0.506. The fourth-order valence-corrected chi connectivity index (χ4v) is 3.45. The number of pyridine rings is 1. The first kappa shape index (κ1) is 14.1. The number of rotatable bonds is 1. The van der Waals surface area contributed by atoms with Gasteiger partial charge in [0.1, 0.15) is 5.65 Å². The van der Waals surface area contributed by atoms with Gasteiger partial charge >= 0.3 is 0 Å². The molecule has 3 aromatic heterocycles. The molecular weight excluding hydrogens is 290 g/mol. The van der Waals surface area contributed by atoms with Gasteiger partial charge in [0.2, 0.25) is 0 Å². The average Bonchev–Trinajstić information content (AvgIpc) is 2.84. The molecule has 0 unspecified atom stereocenters. The zero-order valence-corrected chi connectivity index (χ0v) is 13.6. The van der Waals surface area contributed by atoms with Crippen LogP contribution in [0.4, 0.5) is 0 Å². The predicted molar refractivity (Wildman–Crippen MR) is 88.1 cm³/mol. The molecule has 118 valence electrons. The lowest BCUT2D eigenvalue weighted by Gasteiger charge is -2.15. The molecule has 1 aliphatic rings. The lowest BCUT2D eigenvalue weighted by atomic mass is 9.95. The molecule has 0 aliphatic heterocycles. The van der Waals surface area contributed by atoms with E-state index in [1.165, 1.54) is 0 Å². The second-order valence-corrected chi connectivity index (χ2v) is 6.29. The van der Waals surface area contributed by atoms with Crippen molar-refractivity contribution in [3.63, 3.8) is 0 Å². The van der Waals surface area contributed by atoms with E-state index in [0.717, 1.165) is 54.0 Å². The third-order valence-corrected chi connectivity index (χ3v) is 4.46. The smallest absolute Gasteiger partial charge is 0.252 e. The molecule has 0 spiro atoms. The van der Waals surface area contributed by atoms with E-state index < -0.39 is 0 Å². The van der Waals surface area contributed by atoms with Gasteiger partial charge < -0.3 is 4.98 Å². The molecule has 3 heterocycles. The Morgan fingerprint density at radius 1 is 1.09 bits per heavy atom. The number of nitrogens with zero attached hydrogens (tertiary/aromatic N) is 4. The minimum Gasteiger partial charge on any atom is -0.343 e. The van der Waals surface area contributed by atoms with E-state index >= 15 is 0 Å². The van der Waals surface area contributed by atoms with Crippen LogP contribution in [0.15, 0.2) is 10.9 Å². The first-order valence-corrected chi connectivity index (χ1v) is 8.00. The van der Waals surface area contributed by atoms with Crippen molar-refractivity contribution in [1.82, 2.24) is 24.7 Å². The SMILES string of the molecule is Cc1cc(C)nc(-n2nc(C)c3c(=O)c4c([nH]c32)CCCC4)n1. The van der Waals surface area contributed by atoms with E-state index in [4.69, 9.17) is 0 Å². The minimum absolute atomic E-state index is 0.113. The van der Waals surface area contributed by atoms with Gasteiger partial charge in [-0.05, 0) is 52.5 Å². The van der Waals surface area contributed by atoms with Crippen molar-refractivity contribution >= 4 is 11.0 Å². The molecular formula is C17H19N5O. The molecule has 23 heavy (non-hydrogen) atoms. The Kier molecular flexibility index (Phi) is 3.07. The van der Waals surface area contributed by atoms with Crippen LogP contribution in [-0.2, 0) is 12.8 Å². The van der Waals surface area contributed by atoms with E-state index in [2.05, 4.69) is 20.1 Å². The summed E-state index contributed by atoms with van der Waals surface area (Å²) >= 11 is 0. The van der Waals surface area contributed by atoms with Crippen LogP contribution >= 0.6 is 0 Å². The summed E-state index contributed by atoms with van der Waals surface area (Å²) in [7, 11) is 0. The van der Waals surface area contributed by atoms with Crippen molar-refractivity contribution < 1.29 is 0 Å². The van der Waals surface area contributed by atoms with Gasteiger partial charge in [-0.1, -0.05) is 0 Å². The fraction of sp³-hybridized carbons (Fsp3) is 0.412. The summed E-state index contributed by atoms with van der Waals surface area (Å²) < 4.78 is 1.67. The van der Waals surface area contributed by atoms with Gasteiger partial charge in [0.25, 0.3) is 5.95 Å². The molecule has 3 aromatic rings. The molecule has 0 saturated heterocycles. The monoisotopic (exact) mass is 309 g/mol. The van der Waals surface area contributed by atoms with Gasteiger partial charge in [-0.3, -0.25) is 4.79 Å². The summed E-state index contributed by atoms with van der Waals surface area (Å²) in [6.07, 6.45) is 3.96. The predicted octanol–water partition coefficient (Wildman–Crippen LogP) is 2.31. The lowest BCUT2D eigenvalue weighted by molar-refractivity contribution is 0.665. The molecule has 0 amide bonds. The van der Waals surface area contributed by atoms with Crippen LogP contribution in [0.25, 0.3) is 17.0 Å².